The molecule has 1 atom stereocenters. The predicted octanol–water partition coefficient (Wildman–Crippen LogP) is 1.82. The number of carboxylic acids is 1. The number of carboxylic acid groups (broad SMARTS) is 1. The van der Waals surface area contributed by atoms with E-state index in [2.05, 4.69) is 9.97 Å². The van der Waals surface area contributed by atoms with Gasteiger partial charge < -0.3 is 19.6 Å². The number of fused-ring (bicyclic) bond motifs is 1. The fourth-order valence-electron chi connectivity index (χ4n) is 1.95. The zero-order chi connectivity index (χ0) is 16.3. The number of methoxy groups -OCH3 is 2. The van der Waals surface area contributed by atoms with Crippen LogP contribution in [0.4, 0.5) is 0 Å². The molecule has 0 fully saturated rings. The Morgan fingerprint density at radius 2 is 2.00 bits per heavy atom. The van der Waals surface area contributed by atoms with Gasteiger partial charge in [0.1, 0.15) is 5.82 Å². The molecule has 8 heteroatoms. The SMILES string of the molecule is COc1cc2nc([C@H](C)SCC(=O)O)[nH]c(=O)c2cc1OC. The van der Waals surface area contributed by atoms with Gasteiger partial charge in [0.25, 0.3) is 5.56 Å². The second-order valence-electron chi connectivity index (χ2n) is 4.52. The van der Waals surface area contributed by atoms with Gasteiger partial charge in [0.2, 0.25) is 0 Å². The zero-order valence-electron chi connectivity index (χ0n) is 12.4. The van der Waals surface area contributed by atoms with Crippen molar-refractivity contribution in [1.82, 2.24) is 9.97 Å². The van der Waals surface area contributed by atoms with Gasteiger partial charge in [0.05, 0.1) is 36.1 Å². The van der Waals surface area contributed by atoms with Crippen molar-refractivity contribution in [1.29, 1.82) is 0 Å². The summed E-state index contributed by atoms with van der Waals surface area (Å²) in [5.41, 5.74) is 0.169. The molecule has 1 aromatic carbocycles. The molecule has 118 valence electrons. The first-order valence-electron chi connectivity index (χ1n) is 6.45. The molecule has 2 aromatic rings. The Hall–Kier alpha value is -2.22. The van der Waals surface area contributed by atoms with Crippen LogP contribution in [0, 0.1) is 0 Å². The molecule has 0 aliphatic carbocycles. The molecule has 0 aliphatic heterocycles. The van der Waals surface area contributed by atoms with Crippen molar-refractivity contribution >= 4 is 28.6 Å². The van der Waals surface area contributed by atoms with Gasteiger partial charge in [0, 0.05) is 6.07 Å². The first kappa shape index (κ1) is 16.2. The fraction of sp³-hybridized carbons (Fsp3) is 0.357. The maximum Gasteiger partial charge on any atom is 0.313 e. The maximum atomic E-state index is 12.2. The summed E-state index contributed by atoms with van der Waals surface area (Å²) in [5.74, 6) is 0.380. The number of nitrogens with zero attached hydrogens (tertiary/aromatic N) is 1. The Morgan fingerprint density at radius 1 is 1.36 bits per heavy atom. The fourth-order valence-corrected chi connectivity index (χ4v) is 2.61. The molecule has 0 aliphatic rings. The largest absolute Gasteiger partial charge is 0.493 e. The van der Waals surface area contributed by atoms with E-state index in [1.165, 1.54) is 26.0 Å². The quantitative estimate of drug-likeness (QED) is 0.835. The lowest BCUT2D eigenvalue weighted by Gasteiger charge is -2.12. The molecule has 22 heavy (non-hydrogen) atoms. The Balaban J connectivity index is 2.47. The van der Waals surface area contributed by atoms with Crippen molar-refractivity contribution in [2.45, 2.75) is 12.2 Å². The maximum absolute atomic E-state index is 12.2. The number of H-pyrrole nitrogens is 1. The monoisotopic (exact) mass is 324 g/mol. The number of hydrogen-bond donors (Lipinski definition) is 2. The van der Waals surface area contributed by atoms with Gasteiger partial charge in [-0.15, -0.1) is 11.8 Å². The van der Waals surface area contributed by atoms with Crippen molar-refractivity contribution in [3.05, 3.63) is 28.3 Å². The van der Waals surface area contributed by atoms with Crippen LogP contribution in [-0.4, -0.2) is 41.0 Å². The molecule has 0 radical (unpaired) electrons. The number of aromatic amines is 1. The number of rotatable bonds is 6. The van der Waals surface area contributed by atoms with Gasteiger partial charge in [-0.1, -0.05) is 0 Å². The van der Waals surface area contributed by atoms with Gasteiger partial charge >= 0.3 is 5.97 Å². The summed E-state index contributed by atoms with van der Waals surface area (Å²) in [6, 6.07) is 3.19. The second kappa shape index (κ2) is 6.69. The third-order valence-electron chi connectivity index (χ3n) is 3.07. The van der Waals surface area contributed by atoms with Crippen LogP contribution in [0.2, 0.25) is 0 Å². The van der Waals surface area contributed by atoms with Crippen molar-refractivity contribution in [2.75, 3.05) is 20.0 Å². The summed E-state index contributed by atoms with van der Waals surface area (Å²) < 4.78 is 10.4. The molecule has 2 rings (SSSR count). The van der Waals surface area contributed by atoms with Crippen LogP contribution in [0.5, 0.6) is 11.5 Å². The number of aromatic nitrogens is 2. The van der Waals surface area contributed by atoms with E-state index in [0.717, 1.165) is 0 Å². The lowest BCUT2D eigenvalue weighted by Crippen LogP contribution is -2.14. The topological polar surface area (TPSA) is 102 Å². The second-order valence-corrected chi connectivity index (χ2v) is 5.85. The molecule has 1 heterocycles. The average molecular weight is 324 g/mol. The Kier molecular flexibility index (Phi) is 4.92. The highest BCUT2D eigenvalue weighted by molar-refractivity contribution is 8.00. The number of hydrogen-bond acceptors (Lipinski definition) is 6. The molecular weight excluding hydrogens is 308 g/mol. The summed E-state index contributed by atoms with van der Waals surface area (Å²) in [6.45, 7) is 1.79. The third-order valence-corrected chi connectivity index (χ3v) is 4.21. The van der Waals surface area contributed by atoms with Crippen molar-refractivity contribution < 1.29 is 19.4 Å². The number of benzene rings is 1. The molecule has 0 amide bonds. The summed E-state index contributed by atoms with van der Waals surface area (Å²) in [5, 5.41) is 8.86. The molecular formula is C14H16N2O5S. The molecule has 2 N–H and O–H groups in total. The number of aliphatic carboxylic acids is 1. The van der Waals surface area contributed by atoms with E-state index in [-0.39, 0.29) is 16.6 Å². The molecule has 0 saturated carbocycles. The molecule has 0 unspecified atom stereocenters. The third kappa shape index (κ3) is 3.33. The van der Waals surface area contributed by atoms with E-state index >= 15 is 0 Å². The summed E-state index contributed by atoms with van der Waals surface area (Å²) in [7, 11) is 2.99. The summed E-state index contributed by atoms with van der Waals surface area (Å²) in [4.78, 5) is 29.9. The van der Waals surface area contributed by atoms with Crippen LogP contribution in [-0.2, 0) is 4.79 Å². The van der Waals surface area contributed by atoms with Crippen molar-refractivity contribution in [3.63, 3.8) is 0 Å². The number of thioether (sulfide) groups is 1. The highest BCUT2D eigenvalue weighted by Crippen LogP contribution is 2.31. The summed E-state index contributed by atoms with van der Waals surface area (Å²) >= 11 is 1.18. The van der Waals surface area contributed by atoms with Crippen LogP contribution in [0.15, 0.2) is 16.9 Å². The van der Waals surface area contributed by atoms with Crippen molar-refractivity contribution in [2.24, 2.45) is 0 Å². The van der Waals surface area contributed by atoms with E-state index in [1.54, 1.807) is 19.1 Å². The molecule has 0 saturated heterocycles. The van der Waals surface area contributed by atoms with E-state index < -0.39 is 5.97 Å². The minimum absolute atomic E-state index is 0.0607. The summed E-state index contributed by atoms with van der Waals surface area (Å²) in [6.07, 6.45) is 0. The predicted molar refractivity (Wildman–Crippen MR) is 84.0 cm³/mol. The van der Waals surface area contributed by atoms with E-state index in [1.807, 2.05) is 0 Å². The minimum atomic E-state index is -0.911. The standard InChI is InChI=1S/C14H16N2O5S/c1-7(22-6-12(17)18)13-15-9-5-11(21-3)10(20-2)4-8(9)14(19)16-13/h4-5,7H,6H2,1-3H3,(H,17,18)(H,15,16,19)/t7-/m0/s1. The first-order chi connectivity index (χ1) is 10.5. The Morgan fingerprint density at radius 3 is 2.59 bits per heavy atom. The van der Waals surface area contributed by atoms with Gasteiger partial charge in [-0.05, 0) is 13.0 Å². The molecule has 1 aromatic heterocycles. The number of ether oxygens (including phenoxy) is 2. The lowest BCUT2D eigenvalue weighted by molar-refractivity contribution is -0.133. The van der Waals surface area contributed by atoms with Gasteiger partial charge in [0.15, 0.2) is 11.5 Å². The molecule has 0 bridgehead atoms. The van der Waals surface area contributed by atoms with Gasteiger partial charge in [-0.2, -0.15) is 0 Å². The van der Waals surface area contributed by atoms with Gasteiger partial charge in [-0.25, -0.2) is 4.98 Å². The normalized spacial score (nSPS) is 12.1. The van der Waals surface area contributed by atoms with Gasteiger partial charge in [-0.3, -0.25) is 9.59 Å². The lowest BCUT2D eigenvalue weighted by atomic mass is 10.2. The van der Waals surface area contributed by atoms with Crippen LogP contribution < -0.4 is 15.0 Å². The van der Waals surface area contributed by atoms with Crippen LogP contribution in [0.3, 0.4) is 0 Å². The van der Waals surface area contributed by atoms with Crippen molar-refractivity contribution in [3.8, 4) is 11.5 Å². The first-order valence-corrected chi connectivity index (χ1v) is 7.50. The highest BCUT2D eigenvalue weighted by Gasteiger charge is 2.15. The number of nitrogens with one attached hydrogen (secondary N) is 1. The minimum Gasteiger partial charge on any atom is -0.493 e. The smallest absolute Gasteiger partial charge is 0.313 e. The van der Waals surface area contributed by atoms with E-state index in [4.69, 9.17) is 14.6 Å². The van der Waals surface area contributed by atoms with Crippen LogP contribution in [0.25, 0.3) is 10.9 Å². The molecule has 7 nitrogen and oxygen atoms in total. The van der Waals surface area contributed by atoms with Crippen LogP contribution in [0.1, 0.15) is 18.0 Å². The zero-order valence-corrected chi connectivity index (χ0v) is 13.2. The van der Waals surface area contributed by atoms with E-state index in [0.29, 0.717) is 28.2 Å². The average Bonchev–Trinajstić information content (AvgIpc) is 2.51. The molecule has 0 spiro atoms. The number of carbonyl (C=O) groups is 1. The Labute approximate surface area is 130 Å². The Bertz CT molecular complexity index is 759. The van der Waals surface area contributed by atoms with Crippen LogP contribution >= 0.6 is 11.8 Å². The highest BCUT2D eigenvalue weighted by atomic mass is 32.2. The van der Waals surface area contributed by atoms with E-state index in [9.17, 15) is 9.59 Å².